The normalized spacial score (nSPS) is 12.4. The highest BCUT2D eigenvalue weighted by Gasteiger charge is 2.21. The van der Waals surface area contributed by atoms with Crippen LogP contribution in [0, 0.1) is 0 Å². The van der Waals surface area contributed by atoms with Crippen LogP contribution in [0.15, 0.2) is 48.7 Å². The van der Waals surface area contributed by atoms with Gasteiger partial charge in [0.15, 0.2) is 5.78 Å². The highest BCUT2D eigenvalue weighted by atomic mass is 35.5. The van der Waals surface area contributed by atoms with Gasteiger partial charge in [0, 0.05) is 40.0 Å². The molecule has 1 aliphatic heterocycles. The van der Waals surface area contributed by atoms with Crippen molar-refractivity contribution < 1.29 is 9.59 Å². The summed E-state index contributed by atoms with van der Waals surface area (Å²) in [6, 6.07) is 12.6. The maximum absolute atomic E-state index is 12.4. The van der Waals surface area contributed by atoms with Gasteiger partial charge in [-0.1, -0.05) is 23.7 Å². The quantitative estimate of drug-likeness (QED) is 0.376. The minimum atomic E-state index is -0.146. The molecule has 7 nitrogen and oxygen atoms in total. The largest absolute Gasteiger partial charge is 0.330 e. The van der Waals surface area contributed by atoms with Crippen molar-refractivity contribution in [1.82, 2.24) is 9.97 Å². The Balaban J connectivity index is 1.61. The molecular weight excluding hydrogens is 414 g/mol. The van der Waals surface area contributed by atoms with Crippen LogP contribution in [0.1, 0.15) is 35.2 Å². The standard InChI is InChI=1S/C23H22ClN5O2/c24-16-7-8-18-19(12-16)28-21(31)11-15-13-26-23(29-22(15)18)27-17-5-3-4-14(10-17)20(30)6-1-2-9-25/h3-5,7-8,10,12-13H,1-2,6,9,11,25H2,(H,28,31)(H,26,27,29). The van der Waals surface area contributed by atoms with Crippen LogP contribution in [0.2, 0.25) is 5.02 Å². The van der Waals surface area contributed by atoms with E-state index >= 15 is 0 Å². The lowest BCUT2D eigenvalue weighted by Gasteiger charge is -2.11. The third-order valence-corrected chi connectivity index (χ3v) is 5.26. The third-order valence-electron chi connectivity index (χ3n) is 5.03. The van der Waals surface area contributed by atoms with Crippen molar-refractivity contribution >= 4 is 40.6 Å². The smallest absolute Gasteiger partial charge is 0.228 e. The van der Waals surface area contributed by atoms with Crippen molar-refractivity contribution in [2.75, 3.05) is 17.2 Å². The predicted molar refractivity (Wildman–Crippen MR) is 122 cm³/mol. The molecule has 0 saturated carbocycles. The summed E-state index contributed by atoms with van der Waals surface area (Å²) in [6.07, 6.45) is 3.90. The van der Waals surface area contributed by atoms with Crippen molar-refractivity contribution in [1.29, 1.82) is 0 Å². The number of unbranched alkanes of at least 4 members (excludes halogenated alkanes) is 1. The predicted octanol–water partition coefficient (Wildman–Crippen LogP) is 4.35. The van der Waals surface area contributed by atoms with Crippen molar-refractivity contribution in [3.8, 4) is 11.3 Å². The van der Waals surface area contributed by atoms with Gasteiger partial charge in [0.25, 0.3) is 0 Å². The molecule has 1 aliphatic rings. The van der Waals surface area contributed by atoms with E-state index in [-0.39, 0.29) is 18.1 Å². The molecule has 0 bridgehead atoms. The van der Waals surface area contributed by atoms with Gasteiger partial charge in [-0.05, 0) is 49.7 Å². The van der Waals surface area contributed by atoms with Gasteiger partial charge in [-0.2, -0.15) is 0 Å². The molecule has 0 radical (unpaired) electrons. The summed E-state index contributed by atoms with van der Waals surface area (Å²) >= 11 is 6.09. The van der Waals surface area contributed by atoms with E-state index in [2.05, 4.69) is 20.6 Å². The molecule has 0 saturated heterocycles. The van der Waals surface area contributed by atoms with Crippen LogP contribution in [0.25, 0.3) is 11.3 Å². The highest BCUT2D eigenvalue weighted by molar-refractivity contribution is 6.31. The van der Waals surface area contributed by atoms with Gasteiger partial charge in [-0.15, -0.1) is 0 Å². The van der Waals surface area contributed by atoms with Crippen molar-refractivity contribution in [3.63, 3.8) is 0 Å². The van der Waals surface area contributed by atoms with Crippen LogP contribution in [-0.2, 0) is 11.2 Å². The molecule has 4 N–H and O–H groups in total. The van der Waals surface area contributed by atoms with Gasteiger partial charge >= 0.3 is 0 Å². The lowest BCUT2D eigenvalue weighted by atomic mass is 10.0. The van der Waals surface area contributed by atoms with E-state index in [1.807, 2.05) is 18.2 Å². The average molecular weight is 436 g/mol. The number of hydrogen-bond acceptors (Lipinski definition) is 6. The van der Waals surface area contributed by atoms with Crippen molar-refractivity contribution in [2.24, 2.45) is 5.73 Å². The second kappa shape index (κ2) is 9.24. The van der Waals surface area contributed by atoms with E-state index in [0.717, 1.165) is 24.0 Å². The number of ketones is 1. The number of benzene rings is 2. The summed E-state index contributed by atoms with van der Waals surface area (Å²) < 4.78 is 0. The van der Waals surface area contributed by atoms with Crippen LogP contribution in [0.4, 0.5) is 17.3 Å². The first-order valence-electron chi connectivity index (χ1n) is 10.1. The number of carbonyl (C=O) groups excluding carboxylic acids is 2. The number of nitrogens with two attached hydrogens (primary N) is 1. The van der Waals surface area contributed by atoms with Crippen molar-refractivity contribution in [3.05, 3.63) is 64.8 Å². The van der Waals surface area contributed by atoms with Crippen LogP contribution in [0.3, 0.4) is 0 Å². The number of anilines is 3. The number of fused-ring (bicyclic) bond motifs is 3. The van der Waals surface area contributed by atoms with Gasteiger partial charge in [0.2, 0.25) is 11.9 Å². The van der Waals surface area contributed by atoms with E-state index in [0.29, 0.717) is 46.6 Å². The number of nitrogens with zero attached hydrogens (tertiary/aromatic N) is 2. The summed E-state index contributed by atoms with van der Waals surface area (Å²) in [4.78, 5) is 33.6. The summed E-state index contributed by atoms with van der Waals surface area (Å²) in [5, 5.41) is 6.56. The zero-order chi connectivity index (χ0) is 21.8. The van der Waals surface area contributed by atoms with Gasteiger partial charge in [0.05, 0.1) is 17.8 Å². The SMILES string of the molecule is NCCCCC(=O)c1cccc(Nc2ncc3c(n2)-c2ccc(Cl)cc2NC(=O)C3)c1. The Labute approximate surface area is 185 Å². The molecule has 1 amide bonds. The van der Waals surface area contributed by atoms with Crippen molar-refractivity contribution in [2.45, 2.75) is 25.7 Å². The fourth-order valence-electron chi connectivity index (χ4n) is 3.50. The fourth-order valence-corrected chi connectivity index (χ4v) is 3.67. The molecule has 1 aromatic heterocycles. The van der Waals surface area contributed by atoms with Gasteiger partial charge < -0.3 is 16.4 Å². The van der Waals surface area contributed by atoms with Crippen LogP contribution in [-0.4, -0.2) is 28.2 Å². The number of halogens is 1. The number of aromatic nitrogens is 2. The lowest BCUT2D eigenvalue weighted by molar-refractivity contribution is -0.115. The Bertz CT molecular complexity index is 1150. The number of carbonyl (C=O) groups is 2. The number of nitrogens with one attached hydrogen (secondary N) is 2. The van der Waals surface area contributed by atoms with Crippen LogP contribution >= 0.6 is 11.6 Å². The second-order valence-electron chi connectivity index (χ2n) is 7.36. The number of rotatable bonds is 7. The minimum absolute atomic E-state index is 0.0790. The average Bonchev–Trinajstić information content (AvgIpc) is 2.88. The molecule has 0 unspecified atom stereocenters. The summed E-state index contributed by atoms with van der Waals surface area (Å²) in [6.45, 7) is 0.584. The first kappa shape index (κ1) is 21.0. The molecule has 31 heavy (non-hydrogen) atoms. The first-order chi connectivity index (χ1) is 15.0. The molecule has 8 heteroatoms. The molecule has 2 heterocycles. The molecule has 4 rings (SSSR count). The second-order valence-corrected chi connectivity index (χ2v) is 7.79. The van der Waals surface area contributed by atoms with Gasteiger partial charge in [-0.3, -0.25) is 9.59 Å². The van der Waals surface area contributed by atoms with E-state index in [9.17, 15) is 9.59 Å². The van der Waals surface area contributed by atoms with Crippen LogP contribution in [0.5, 0.6) is 0 Å². The monoisotopic (exact) mass is 435 g/mol. The Morgan fingerprint density at radius 1 is 1.19 bits per heavy atom. The lowest BCUT2D eigenvalue weighted by Crippen LogP contribution is -2.12. The summed E-state index contributed by atoms with van der Waals surface area (Å²) in [5.41, 5.74) is 9.63. The number of amides is 1. The molecule has 0 atom stereocenters. The zero-order valence-electron chi connectivity index (χ0n) is 16.8. The fraction of sp³-hybridized carbons (Fsp3) is 0.217. The molecule has 0 spiro atoms. The van der Waals surface area contributed by atoms with E-state index < -0.39 is 0 Å². The Morgan fingerprint density at radius 3 is 2.90 bits per heavy atom. The van der Waals surface area contributed by atoms with Gasteiger partial charge in [-0.25, -0.2) is 9.97 Å². The van der Waals surface area contributed by atoms with Gasteiger partial charge in [0.1, 0.15) is 0 Å². The van der Waals surface area contributed by atoms with Crippen LogP contribution < -0.4 is 16.4 Å². The van der Waals surface area contributed by atoms with E-state index in [4.69, 9.17) is 17.3 Å². The Kier molecular flexibility index (Phi) is 6.25. The summed E-state index contributed by atoms with van der Waals surface area (Å²) in [7, 11) is 0. The third kappa shape index (κ3) is 4.90. The number of hydrogen-bond donors (Lipinski definition) is 3. The van der Waals surface area contributed by atoms with E-state index in [1.54, 1.807) is 30.5 Å². The maximum Gasteiger partial charge on any atom is 0.228 e. The maximum atomic E-state index is 12.4. The highest BCUT2D eigenvalue weighted by Crippen LogP contribution is 2.34. The van der Waals surface area contributed by atoms with E-state index in [1.165, 1.54) is 0 Å². The Hall–Kier alpha value is -3.29. The molecule has 0 fully saturated rings. The molecule has 0 aliphatic carbocycles. The topological polar surface area (TPSA) is 110 Å². The minimum Gasteiger partial charge on any atom is -0.330 e. The zero-order valence-corrected chi connectivity index (χ0v) is 17.6. The molecular formula is C23H22ClN5O2. The summed E-state index contributed by atoms with van der Waals surface area (Å²) in [5.74, 6) is 0.310. The number of Topliss-reactive ketones (excluding diaryl/α,β-unsaturated/α-hetero) is 1. The first-order valence-corrected chi connectivity index (χ1v) is 10.5. The Morgan fingerprint density at radius 2 is 2.06 bits per heavy atom. The molecule has 3 aromatic rings. The molecule has 2 aromatic carbocycles. The molecule has 158 valence electrons.